The van der Waals surface area contributed by atoms with Crippen LogP contribution in [0.5, 0.6) is 0 Å². The highest BCUT2D eigenvalue weighted by molar-refractivity contribution is 6.04. The molecule has 29 heavy (non-hydrogen) atoms. The summed E-state index contributed by atoms with van der Waals surface area (Å²) in [6.45, 7) is 12.7. The van der Waals surface area contributed by atoms with Gasteiger partial charge in [0.1, 0.15) is 6.42 Å². The van der Waals surface area contributed by atoms with E-state index in [-0.39, 0.29) is 36.1 Å². The Hall–Kier alpha value is -2.80. The average molecular weight is 393 g/mol. The molecule has 0 aliphatic carbocycles. The minimum atomic E-state index is -0.294. The number of anilines is 1. The second-order valence-electron chi connectivity index (χ2n) is 8.29. The number of hydrogen-bond donors (Lipinski definition) is 1. The molecule has 4 heteroatoms. The van der Waals surface area contributed by atoms with Crippen LogP contribution >= 0.6 is 0 Å². The zero-order valence-electron chi connectivity index (χ0n) is 18.4. The molecule has 2 amide bonds. The Labute approximate surface area is 175 Å². The maximum absolute atomic E-state index is 12.9. The van der Waals surface area contributed by atoms with Crippen LogP contribution in [0.15, 0.2) is 36.4 Å². The van der Waals surface area contributed by atoms with Gasteiger partial charge in [0.15, 0.2) is 0 Å². The predicted octanol–water partition coefficient (Wildman–Crippen LogP) is 5.30. The van der Waals surface area contributed by atoms with Gasteiger partial charge in [-0.3, -0.25) is 9.59 Å². The average Bonchev–Trinajstić information content (AvgIpc) is 2.66. The van der Waals surface area contributed by atoms with Crippen LogP contribution in [0.1, 0.15) is 76.5 Å². The summed E-state index contributed by atoms with van der Waals surface area (Å²) >= 11 is 0. The summed E-state index contributed by atoms with van der Waals surface area (Å²) in [5, 5.41) is 2.99. The molecule has 4 nitrogen and oxygen atoms in total. The lowest BCUT2D eigenvalue weighted by Crippen LogP contribution is -2.38. The van der Waals surface area contributed by atoms with E-state index in [1.54, 1.807) is 4.90 Å². The molecule has 0 aromatic heterocycles. The van der Waals surface area contributed by atoms with Crippen LogP contribution in [0, 0.1) is 12.1 Å². The molecule has 0 atom stereocenters. The highest BCUT2D eigenvalue weighted by Gasteiger charge is 2.22. The van der Waals surface area contributed by atoms with Gasteiger partial charge in [-0.2, -0.15) is 0 Å². The second-order valence-corrected chi connectivity index (χ2v) is 8.29. The molecule has 0 unspecified atom stereocenters. The van der Waals surface area contributed by atoms with E-state index in [9.17, 15) is 9.59 Å². The van der Waals surface area contributed by atoms with Gasteiger partial charge in [-0.1, -0.05) is 70.2 Å². The third-order valence-electron chi connectivity index (χ3n) is 4.91. The molecule has 1 N–H and O–H groups in total. The monoisotopic (exact) mass is 392 g/mol. The van der Waals surface area contributed by atoms with E-state index in [0.29, 0.717) is 6.54 Å². The summed E-state index contributed by atoms with van der Waals surface area (Å²) in [5.41, 5.74) is 3.75. The quantitative estimate of drug-likeness (QED) is 0.620. The van der Waals surface area contributed by atoms with Gasteiger partial charge in [0, 0.05) is 18.2 Å². The summed E-state index contributed by atoms with van der Waals surface area (Å²) in [6.07, 6.45) is -0.182. The van der Waals surface area contributed by atoms with E-state index in [1.807, 2.05) is 50.2 Å². The van der Waals surface area contributed by atoms with Crippen molar-refractivity contribution in [1.29, 1.82) is 0 Å². The SMILES string of the molecule is CC(C)c1c#ccc(C(C)C)c1NC(=O)CC(=O)N(Cc1ccccc1)C(C)C. The number of rotatable bonds is 8. The maximum atomic E-state index is 12.9. The molecule has 0 bridgehead atoms. The first-order valence-electron chi connectivity index (χ1n) is 10.3. The van der Waals surface area contributed by atoms with Crippen LogP contribution in [0.25, 0.3) is 0 Å². The van der Waals surface area contributed by atoms with Crippen molar-refractivity contribution in [3.8, 4) is 0 Å². The molecule has 154 valence electrons. The third-order valence-corrected chi connectivity index (χ3v) is 4.91. The maximum Gasteiger partial charge on any atom is 0.233 e. The van der Waals surface area contributed by atoms with Crippen molar-refractivity contribution < 1.29 is 9.59 Å². The van der Waals surface area contributed by atoms with Crippen molar-refractivity contribution in [3.05, 3.63) is 65.2 Å². The van der Waals surface area contributed by atoms with E-state index in [2.05, 4.69) is 45.1 Å². The lowest BCUT2D eigenvalue weighted by molar-refractivity contribution is -0.136. The summed E-state index contributed by atoms with van der Waals surface area (Å²) in [7, 11) is 0. The predicted molar refractivity (Wildman–Crippen MR) is 118 cm³/mol. The van der Waals surface area contributed by atoms with Crippen molar-refractivity contribution in [2.75, 3.05) is 5.32 Å². The number of carbonyl (C=O) groups is 2. The number of benzene rings is 1. The second kappa shape index (κ2) is 10.1. The highest BCUT2D eigenvalue weighted by Crippen LogP contribution is 2.30. The molecule has 0 saturated heterocycles. The summed E-state index contributed by atoms with van der Waals surface area (Å²) < 4.78 is 0. The summed E-state index contributed by atoms with van der Waals surface area (Å²) in [4.78, 5) is 27.4. The Balaban J connectivity index is 2.16. The van der Waals surface area contributed by atoms with Crippen molar-refractivity contribution in [2.45, 2.75) is 72.4 Å². The van der Waals surface area contributed by atoms with Crippen molar-refractivity contribution in [3.63, 3.8) is 0 Å². The Bertz CT molecular complexity index is 800. The van der Waals surface area contributed by atoms with Gasteiger partial charge in [0.05, 0.1) is 5.69 Å². The molecule has 0 aliphatic heterocycles. The van der Waals surface area contributed by atoms with Gasteiger partial charge >= 0.3 is 0 Å². The topological polar surface area (TPSA) is 49.4 Å². The zero-order valence-corrected chi connectivity index (χ0v) is 18.4. The largest absolute Gasteiger partial charge is 0.336 e. The molecule has 0 heterocycles. The molecule has 0 saturated carbocycles. The fraction of sp³-hybridized carbons (Fsp3) is 0.440. The van der Waals surface area contributed by atoms with Crippen LogP contribution < -0.4 is 5.32 Å². The fourth-order valence-corrected chi connectivity index (χ4v) is 3.27. The van der Waals surface area contributed by atoms with Gasteiger partial charge in [-0.15, -0.1) is 0 Å². The highest BCUT2D eigenvalue weighted by atomic mass is 16.2. The number of carbonyl (C=O) groups excluding carboxylic acids is 2. The lowest BCUT2D eigenvalue weighted by atomic mass is 9.94. The van der Waals surface area contributed by atoms with Crippen molar-refractivity contribution >= 4 is 17.5 Å². The van der Waals surface area contributed by atoms with Crippen LogP contribution in [0.3, 0.4) is 0 Å². The smallest absolute Gasteiger partial charge is 0.233 e. The van der Waals surface area contributed by atoms with Crippen LogP contribution in [0.2, 0.25) is 0 Å². The van der Waals surface area contributed by atoms with Gasteiger partial charge in [-0.25, -0.2) is 0 Å². The molecule has 2 aromatic rings. The van der Waals surface area contributed by atoms with Gasteiger partial charge in [0.2, 0.25) is 11.8 Å². The Morgan fingerprint density at radius 1 is 1.00 bits per heavy atom. The third kappa shape index (κ3) is 6.09. The first-order valence-corrected chi connectivity index (χ1v) is 10.3. The molecule has 0 fully saturated rings. The van der Waals surface area contributed by atoms with E-state index in [0.717, 1.165) is 22.4 Å². The Morgan fingerprint density at radius 2 is 1.66 bits per heavy atom. The standard InChI is InChI=1S/C25H32N2O2/c1-17(2)21-13-10-14-22(18(3)4)25(21)26-23(28)15-24(29)27(19(5)6)16-20-11-8-7-9-12-20/h7-9,11-13,17-19H,15-16H2,1-6H3,(H,26,28). The van der Waals surface area contributed by atoms with E-state index < -0.39 is 0 Å². The number of nitrogens with one attached hydrogen (secondary N) is 1. The molecule has 0 radical (unpaired) electrons. The molecular weight excluding hydrogens is 360 g/mol. The molecule has 0 aliphatic rings. The molecule has 2 rings (SSSR count). The molecular formula is C25H32N2O2. The van der Waals surface area contributed by atoms with Crippen molar-refractivity contribution in [1.82, 2.24) is 4.90 Å². The van der Waals surface area contributed by atoms with Crippen molar-refractivity contribution in [2.24, 2.45) is 0 Å². The van der Waals surface area contributed by atoms with E-state index in [4.69, 9.17) is 0 Å². The van der Waals surface area contributed by atoms with Crippen LogP contribution in [-0.2, 0) is 16.1 Å². The van der Waals surface area contributed by atoms with E-state index in [1.165, 1.54) is 0 Å². The minimum Gasteiger partial charge on any atom is -0.336 e. The number of nitrogens with zero attached hydrogens (tertiary/aromatic N) is 1. The normalized spacial score (nSPS) is 10.9. The lowest BCUT2D eigenvalue weighted by Gasteiger charge is -2.27. The first kappa shape index (κ1) is 22.5. The van der Waals surface area contributed by atoms with Gasteiger partial charge < -0.3 is 10.2 Å². The van der Waals surface area contributed by atoms with Crippen LogP contribution in [-0.4, -0.2) is 22.8 Å². The summed E-state index contributed by atoms with van der Waals surface area (Å²) in [6, 6.07) is 17.9. The molecule has 0 spiro atoms. The van der Waals surface area contributed by atoms with Crippen LogP contribution in [0.4, 0.5) is 5.69 Å². The first-order chi connectivity index (χ1) is 13.7. The Kier molecular flexibility index (Phi) is 7.84. The Morgan fingerprint density at radius 3 is 2.21 bits per heavy atom. The zero-order chi connectivity index (χ0) is 21.6. The fourth-order valence-electron chi connectivity index (χ4n) is 3.27. The summed E-state index contributed by atoms with van der Waals surface area (Å²) in [5.74, 6) is -0.0436. The minimum absolute atomic E-state index is 0.00705. The van der Waals surface area contributed by atoms with Gasteiger partial charge in [-0.05, 0) is 42.9 Å². The number of hydrogen-bond acceptors (Lipinski definition) is 2. The van der Waals surface area contributed by atoms with E-state index >= 15 is 0 Å². The van der Waals surface area contributed by atoms with Gasteiger partial charge in [0.25, 0.3) is 0 Å². The number of amides is 2. The molecule has 2 aromatic carbocycles.